The van der Waals surface area contributed by atoms with Gasteiger partial charge in [-0.2, -0.15) is 0 Å². The molecule has 0 heterocycles. The first-order chi connectivity index (χ1) is 18.7. The predicted octanol–water partition coefficient (Wildman–Crippen LogP) is 2.26. The molecule has 2 rings (SSSR count). The number of methoxy groups -OCH3 is 1. The molecule has 0 aliphatic carbocycles. The second-order valence-electron chi connectivity index (χ2n) is 9.22. The molecule has 2 aromatic rings. The van der Waals surface area contributed by atoms with Crippen LogP contribution >= 0.6 is 12.2 Å². The minimum absolute atomic E-state index is 0.0557. The second kappa shape index (κ2) is 16.8. The molecule has 11 heteroatoms. The lowest BCUT2D eigenvalue weighted by molar-refractivity contribution is -0.145. The van der Waals surface area contributed by atoms with Gasteiger partial charge in [0.2, 0.25) is 11.8 Å². The summed E-state index contributed by atoms with van der Waals surface area (Å²) >= 11 is 5.24. The zero-order valence-electron chi connectivity index (χ0n) is 22.4. The lowest BCUT2D eigenvalue weighted by Gasteiger charge is -2.20. The number of thiocarbonyl (C=S) groups is 1. The lowest BCUT2D eigenvalue weighted by Crippen LogP contribution is -2.51. The van der Waals surface area contributed by atoms with Crippen LogP contribution < -0.4 is 21.3 Å². The van der Waals surface area contributed by atoms with E-state index in [-0.39, 0.29) is 37.0 Å². The van der Waals surface area contributed by atoms with E-state index in [1.807, 2.05) is 74.5 Å². The third-order valence-electron chi connectivity index (χ3n) is 5.50. The van der Waals surface area contributed by atoms with Crippen LogP contribution in [0.25, 0.3) is 0 Å². The first-order valence-corrected chi connectivity index (χ1v) is 13.0. The Kier molecular flexibility index (Phi) is 13.4. The van der Waals surface area contributed by atoms with Crippen molar-refractivity contribution in [2.24, 2.45) is 5.92 Å². The van der Waals surface area contributed by atoms with Crippen molar-refractivity contribution in [2.45, 2.75) is 45.4 Å². The van der Waals surface area contributed by atoms with Gasteiger partial charge < -0.3 is 30.7 Å². The van der Waals surface area contributed by atoms with E-state index in [0.717, 1.165) is 11.1 Å². The van der Waals surface area contributed by atoms with Crippen LogP contribution in [0.3, 0.4) is 0 Å². The van der Waals surface area contributed by atoms with Crippen LogP contribution in [-0.4, -0.2) is 61.1 Å². The zero-order valence-corrected chi connectivity index (χ0v) is 23.2. The van der Waals surface area contributed by atoms with Crippen LogP contribution in [0.2, 0.25) is 0 Å². The highest BCUT2D eigenvalue weighted by atomic mass is 32.1. The molecule has 3 amide bonds. The molecule has 0 radical (unpaired) electrons. The monoisotopic (exact) mass is 556 g/mol. The SMILES string of the molecule is COC(=O)[C@H](CC(C)C)NC(=O)CNC(=S)CNC(=O)[C@H](Cc1ccccc1)NC(=O)OCc1ccccc1. The largest absolute Gasteiger partial charge is 0.467 e. The van der Waals surface area contributed by atoms with Gasteiger partial charge in [0, 0.05) is 6.42 Å². The quantitative estimate of drug-likeness (QED) is 0.206. The Morgan fingerprint density at radius 1 is 0.821 bits per heavy atom. The summed E-state index contributed by atoms with van der Waals surface area (Å²) in [5, 5.41) is 10.7. The molecule has 0 aliphatic rings. The van der Waals surface area contributed by atoms with Gasteiger partial charge in [0.05, 0.1) is 25.2 Å². The maximum Gasteiger partial charge on any atom is 0.408 e. The van der Waals surface area contributed by atoms with E-state index in [2.05, 4.69) is 21.3 Å². The summed E-state index contributed by atoms with van der Waals surface area (Å²) in [5.74, 6) is -1.26. The Labute approximate surface area is 234 Å². The van der Waals surface area contributed by atoms with Crippen molar-refractivity contribution in [3.8, 4) is 0 Å². The Hall–Kier alpha value is -3.99. The van der Waals surface area contributed by atoms with Crippen molar-refractivity contribution >= 4 is 41.1 Å². The van der Waals surface area contributed by atoms with Crippen LogP contribution in [0.1, 0.15) is 31.4 Å². The number of alkyl carbamates (subject to hydrolysis) is 1. The highest BCUT2D eigenvalue weighted by molar-refractivity contribution is 7.80. The Morgan fingerprint density at radius 3 is 2.03 bits per heavy atom. The van der Waals surface area contributed by atoms with Crippen molar-refractivity contribution in [1.29, 1.82) is 0 Å². The number of hydrogen-bond acceptors (Lipinski definition) is 7. The van der Waals surface area contributed by atoms with Crippen molar-refractivity contribution in [1.82, 2.24) is 21.3 Å². The van der Waals surface area contributed by atoms with Crippen LogP contribution in [0.15, 0.2) is 60.7 Å². The summed E-state index contributed by atoms with van der Waals surface area (Å²) < 4.78 is 10.0. The van der Waals surface area contributed by atoms with Crippen LogP contribution in [-0.2, 0) is 36.9 Å². The first-order valence-electron chi connectivity index (χ1n) is 12.6. The fourth-order valence-electron chi connectivity index (χ4n) is 3.57. The Bertz CT molecular complexity index is 1100. The van der Waals surface area contributed by atoms with E-state index in [1.54, 1.807) is 0 Å². The summed E-state index contributed by atoms with van der Waals surface area (Å²) in [6.07, 6.45) is -0.0583. The van der Waals surface area contributed by atoms with Crippen molar-refractivity contribution in [3.05, 3.63) is 71.8 Å². The summed E-state index contributed by atoms with van der Waals surface area (Å²) in [7, 11) is 1.26. The molecule has 0 aromatic heterocycles. The van der Waals surface area contributed by atoms with E-state index in [4.69, 9.17) is 21.7 Å². The van der Waals surface area contributed by atoms with Gasteiger partial charge in [0.1, 0.15) is 18.7 Å². The summed E-state index contributed by atoms with van der Waals surface area (Å²) in [6.45, 7) is 3.69. The summed E-state index contributed by atoms with van der Waals surface area (Å²) in [6, 6.07) is 16.8. The molecule has 2 atom stereocenters. The van der Waals surface area contributed by atoms with Crippen LogP contribution in [0.5, 0.6) is 0 Å². The van der Waals surface area contributed by atoms with Crippen molar-refractivity contribution in [2.75, 3.05) is 20.2 Å². The number of hydrogen-bond donors (Lipinski definition) is 4. The first kappa shape index (κ1) is 31.2. The molecule has 2 aromatic carbocycles. The van der Waals surface area contributed by atoms with E-state index in [9.17, 15) is 19.2 Å². The van der Waals surface area contributed by atoms with E-state index in [0.29, 0.717) is 6.42 Å². The smallest absolute Gasteiger partial charge is 0.408 e. The topological polar surface area (TPSA) is 135 Å². The number of benzene rings is 2. The molecule has 210 valence electrons. The number of rotatable bonds is 14. The number of ether oxygens (including phenoxy) is 2. The minimum atomic E-state index is -0.918. The fraction of sp³-hybridized carbons (Fsp3) is 0.393. The van der Waals surface area contributed by atoms with Gasteiger partial charge in [0.15, 0.2) is 0 Å². The molecule has 0 aliphatic heterocycles. The highest BCUT2D eigenvalue weighted by Crippen LogP contribution is 2.07. The van der Waals surface area contributed by atoms with Crippen LogP contribution in [0, 0.1) is 5.92 Å². The number of esters is 1. The molecular formula is C28H36N4O6S. The molecule has 0 fully saturated rings. The van der Waals surface area contributed by atoms with E-state index in [1.165, 1.54) is 7.11 Å². The third-order valence-corrected chi connectivity index (χ3v) is 5.79. The number of carbonyl (C=O) groups excluding carboxylic acids is 4. The zero-order chi connectivity index (χ0) is 28.6. The Morgan fingerprint density at radius 2 is 1.44 bits per heavy atom. The minimum Gasteiger partial charge on any atom is -0.467 e. The lowest BCUT2D eigenvalue weighted by atomic mass is 10.0. The maximum atomic E-state index is 13.0. The van der Waals surface area contributed by atoms with Crippen LogP contribution in [0.4, 0.5) is 4.79 Å². The standard InChI is InChI=1S/C28H36N4O6S/c1-19(2)14-23(27(35)37-3)31-24(33)16-29-25(39)17-30-26(34)22(15-20-10-6-4-7-11-20)32-28(36)38-18-21-12-8-5-9-13-21/h4-13,19,22-23H,14-18H2,1-3H3,(H,29,39)(H,30,34)(H,31,33)(H,32,36)/t22-,23-/m0/s1. The normalized spacial score (nSPS) is 12.0. The highest BCUT2D eigenvalue weighted by Gasteiger charge is 2.24. The van der Waals surface area contributed by atoms with Gasteiger partial charge >= 0.3 is 12.1 Å². The molecular weight excluding hydrogens is 520 g/mol. The van der Waals surface area contributed by atoms with E-state index < -0.39 is 36.0 Å². The van der Waals surface area contributed by atoms with Crippen molar-refractivity contribution < 1.29 is 28.7 Å². The van der Waals surface area contributed by atoms with Gasteiger partial charge in [0.25, 0.3) is 0 Å². The van der Waals surface area contributed by atoms with Gasteiger partial charge in [-0.15, -0.1) is 0 Å². The number of nitrogens with one attached hydrogen (secondary N) is 4. The molecule has 0 saturated carbocycles. The fourth-order valence-corrected chi connectivity index (χ4v) is 3.72. The number of amides is 3. The van der Waals surface area contributed by atoms with Gasteiger partial charge in [-0.3, -0.25) is 9.59 Å². The van der Waals surface area contributed by atoms with Gasteiger partial charge in [-0.05, 0) is 23.5 Å². The van der Waals surface area contributed by atoms with Gasteiger partial charge in [-0.1, -0.05) is 86.7 Å². The summed E-state index contributed by atoms with van der Waals surface area (Å²) in [4.78, 5) is 49.8. The average molecular weight is 557 g/mol. The van der Waals surface area contributed by atoms with Crippen molar-refractivity contribution in [3.63, 3.8) is 0 Å². The van der Waals surface area contributed by atoms with Gasteiger partial charge in [-0.25, -0.2) is 9.59 Å². The predicted molar refractivity (Wildman–Crippen MR) is 151 cm³/mol. The second-order valence-corrected chi connectivity index (χ2v) is 9.71. The Balaban J connectivity index is 1.87. The third kappa shape index (κ3) is 12.4. The maximum absolute atomic E-state index is 13.0. The molecule has 0 unspecified atom stereocenters. The summed E-state index contributed by atoms with van der Waals surface area (Å²) in [5.41, 5.74) is 1.67. The average Bonchev–Trinajstić information content (AvgIpc) is 2.93. The molecule has 4 N–H and O–H groups in total. The molecule has 0 bridgehead atoms. The van der Waals surface area contributed by atoms with E-state index >= 15 is 0 Å². The molecule has 0 saturated heterocycles. The molecule has 0 spiro atoms. The number of carbonyl (C=O) groups is 4. The molecule has 10 nitrogen and oxygen atoms in total. The molecule has 39 heavy (non-hydrogen) atoms.